The van der Waals surface area contributed by atoms with Gasteiger partial charge in [-0.1, -0.05) is 49.6 Å². The molecule has 0 aliphatic carbocycles. The van der Waals surface area contributed by atoms with Gasteiger partial charge in [0.25, 0.3) is 0 Å². The zero-order valence-corrected chi connectivity index (χ0v) is 16.5. The molecule has 0 saturated heterocycles. The van der Waals surface area contributed by atoms with Crippen LogP contribution in [-0.2, 0) is 16.0 Å². The summed E-state index contributed by atoms with van der Waals surface area (Å²) >= 11 is 0. The van der Waals surface area contributed by atoms with E-state index in [1.54, 1.807) is 0 Å². The number of nitrogens with zero attached hydrogens (tertiary/aromatic N) is 1. The van der Waals surface area contributed by atoms with Gasteiger partial charge in [-0.2, -0.15) is 0 Å². The monoisotopic (exact) mass is 362 g/mol. The van der Waals surface area contributed by atoms with Gasteiger partial charge < -0.3 is 19.7 Å². The second-order valence-electron chi connectivity index (χ2n) is 8.07. The number of hydrogen-bond acceptors (Lipinski definition) is 3. The number of benzene rings is 1. The van der Waals surface area contributed by atoms with Crippen molar-refractivity contribution >= 4 is 11.9 Å². The van der Waals surface area contributed by atoms with E-state index in [1.807, 2.05) is 27.2 Å². The molecule has 0 fully saturated rings. The second kappa shape index (κ2) is 11.7. The third-order valence-electron chi connectivity index (χ3n) is 4.26. The molecule has 1 amide bonds. The maximum Gasteiger partial charge on any atom is 0.220 e. The molecule has 1 atom stereocenters. The lowest BCUT2D eigenvalue weighted by Gasteiger charge is -2.30. The lowest BCUT2D eigenvalue weighted by atomic mass is 10.0. The van der Waals surface area contributed by atoms with Gasteiger partial charge in [0.1, 0.15) is 0 Å². The van der Waals surface area contributed by atoms with Crippen LogP contribution in [0.1, 0.15) is 50.5 Å². The minimum atomic E-state index is -1.12. The summed E-state index contributed by atoms with van der Waals surface area (Å²) < 4.78 is 0.597. The van der Waals surface area contributed by atoms with Crippen molar-refractivity contribution in [3.63, 3.8) is 0 Å². The van der Waals surface area contributed by atoms with Gasteiger partial charge >= 0.3 is 0 Å². The van der Waals surface area contributed by atoms with Gasteiger partial charge in [-0.25, -0.2) is 0 Å². The van der Waals surface area contributed by atoms with Crippen LogP contribution in [-0.4, -0.2) is 50.1 Å². The predicted molar refractivity (Wildman–Crippen MR) is 102 cm³/mol. The average molecular weight is 363 g/mol. The molecular formula is C21H34N2O3. The first kappa shape index (κ1) is 22.2. The molecule has 5 heteroatoms. The number of likely N-dealkylation sites (N-methyl/N-ethyl adjacent to an activating group) is 1. The van der Waals surface area contributed by atoms with Crippen LogP contribution in [0.15, 0.2) is 30.3 Å². The molecule has 0 saturated carbocycles. The van der Waals surface area contributed by atoms with Crippen molar-refractivity contribution in [3.05, 3.63) is 35.9 Å². The van der Waals surface area contributed by atoms with Crippen molar-refractivity contribution in [1.29, 1.82) is 0 Å². The van der Waals surface area contributed by atoms with Crippen LogP contribution >= 0.6 is 0 Å². The number of carboxylic acids is 1. The summed E-state index contributed by atoms with van der Waals surface area (Å²) in [5.41, 5.74) is 1.38. The molecular weight excluding hydrogens is 328 g/mol. The molecule has 0 radical (unpaired) electrons. The van der Waals surface area contributed by atoms with E-state index in [9.17, 15) is 14.7 Å². The van der Waals surface area contributed by atoms with Crippen LogP contribution in [0.25, 0.3) is 0 Å². The normalized spacial score (nSPS) is 12.6. The Morgan fingerprint density at radius 2 is 1.62 bits per heavy atom. The van der Waals surface area contributed by atoms with E-state index in [-0.39, 0.29) is 18.4 Å². The van der Waals surface area contributed by atoms with Gasteiger partial charge in [0, 0.05) is 18.8 Å². The molecule has 0 unspecified atom stereocenters. The second-order valence-corrected chi connectivity index (χ2v) is 8.07. The number of carboxylic acid groups (broad SMARTS) is 1. The summed E-state index contributed by atoms with van der Waals surface area (Å²) in [6, 6.07) is 10.1. The highest BCUT2D eigenvalue weighted by atomic mass is 16.4. The van der Waals surface area contributed by atoms with E-state index in [0.717, 1.165) is 25.7 Å². The smallest absolute Gasteiger partial charge is 0.220 e. The summed E-state index contributed by atoms with van der Waals surface area (Å²) in [6.07, 6.45) is 6.78. The number of aryl methyl sites for hydroxylation is 1. The van der Waals surface area contributed by atoms with Crippen molar-refractivity contribution < 1.29 is 19.2 Å². The fourth-order valence-corrected chi connectivity index (χ4v) is 3.11. The maximum atomic E-state index is 12.1. The number of nitrogens with one attached hydrogen (secondary N) is 1. The number of unbranched alkanes of at least 4 members (excludes halogenated alkanes) is 4. The van der Waals surface area contributed by atoms with Crippen molar-refractivity contribution in [2.24, 2.45) is 0 Å². The fourth-order valence-electron chi connectivity index (χ4n) is 3.11. The molecule has 1 rings (SSSR count). The average Bonchev–Trinajstić information content (AvgIpc) is 2.52. The number of amides is 1. The Kier molecular flexibility index (Phi) is 9.96. The number of carbonyl (C=O) groups is 2. The molecule has 0 bridgehead atoms. The van der Waals surface area contributed by atoms with Crippen molar-refractivity contribution in [2.75, 3.05) is 27.7 Å². The summed E-state index contributed by atoms with van der Waals surface area (Å²) in [5, 5.41) is 13.7. The van der Waals surface area contributed by atoms with Crippen LogP contribution in [0.4, 0.5) is 0 Å². The van der Waals surface area contributed by atoms with E-state index in [2.05, 4.69) is 29.6 Å². The molecule has 0 aromatic heterocycles. The van der Waals surface area contributed by atoms with Gasteiger partial charge in [-0.15, -0.1) is 0 Å². The molecule has 1 aromatic carbocycles. The van der Waals surface area contributed by atoms with Crippen molar-refractivity contribution in [1.82, 2.24) is 5.32 Å². The molecule has 1 N–H and O–H groups in total. The fraction of sp³-hybridized carbons (Fsp3) is 0.619. The van der Waals surface area contributed by atoms with E-state index in [4.69, 9.17) is 0 Å². The quantitative estimate of drug-likeness (QED) is 0.430. The molecule has 0 aliphatic rings. The Hall–Kier alpha value is -1.88. The zero-order valence-electron chi connectivity index (χ0n) is 16.5. The Morgan fingerprint density at radius 3 is 2.23 bits per heavy atom. The summed E-state index contributed by atoms with van der Waals surface area (Å²) in [6.45, 7) is 0.569. The third kappa shape index (κ3) is 11.6. The largest absolute Gasteiger partial charge is 0.550 e. The Morgan fingerprint density at radius 1 is 1.00 bits per heavy atom. The first-order chi connectivity index (χ1) is 12.3. The van der Waals surface area contributed by atoms with E-state index >= 15 is 0 Å². The molecule has 26 heavy (non-hydrogen) atoms. The first-order valence-electron chi connectivity index (χ1n) is 9.60. The van der Waals surface area contributed by atoms with Crippen LogP contribution in [0.5, 0.6) is 0 Å². The lowest BCUT2D eigenvalue weighted by molar-refractivity contribution is -0.871. The zero-order chi connectivity index (χ0) is 19.4. The number of rotatable bonds is 13. The number of carbonyl (C=O) groups excluding carboxylic acids is 2. The summed E-state index contributed by atoms with van der Waals surface area (Å²) in [4.78, 5) is 22.9. The van der Waals surface area contributed by atoms with Gasteiger partial charge in [0.05, 0.1) is 33.7 Å². The van der Waals surface area contributed by atoms with Crippen LogP contribution < -0.4 is 10.4 Å². The molecule has 146 valence electrons. The molecule has 0 spiro atoms. The van der Waals surface area contributed by atoms with Gasteiger partial charge in [-0.3, -0.25) is 4.79 Å². The summed E-state index contributed by atoms with van der Waals surface area (Å²) in [5.74, 6) is -1.18. The molecule has 0 heterocycles. The highest BCUT2D eigenvalue weighted by Gasteiger charge is 2.20. The number of hydrogen-bond donors (Lipinski definition) is 1. The molecule has 5 nitrogen and oxygen atoms in total. The van der Waals surface area contributed by atoms with E-state index in [1.165, 1.54) is 18.4 Å². The maximum absolute atomic E-state index is 12.1. The number of quaternary nitrogens is 1. The van der Waals surface area contributed by atoms with Gasteiger partial charge in [0.15, 0.2) is 0 Å². The molecule has 0 aliphatic heterocycles. The van der Waals surface area contributed by atoms with Crippen LogP contribution in [0.2, 0.25) is 0 Å². The van der Waals surface area contributed by atoms with E-state index < -0.39 is 5.97 Å². The minimum absolute atomic E-state index is 0.0611. The van der Waals surface area contributed by atoms with Gasteiger partial charge in [0.2, 0.25) is 5.91 Å². The van der Waals surface area contributed by atoms with E-state index in [0.29, 0.717) is 17.4 Å². The highest BCUT2D eigenvalue weighted by Crippen LogP contribution is 2.10. The van der Waals surface area contributed by atoms with Crippen LogP contribution in [0, 0.1) is 0 Å². The van der Waals surface area contributed by atoms with Crippen molar-refractivity contribution in [3.8, 4) is 0 Å². The predicted octanol–water partition coefficient (Wildman–Crippen LogP) is 1.90. The minimum Gasteiger partial charge on any atom is -0.550 e. The Balaban J connectivity index is 2.14. The highest BCUT2D eigenvalue weighted by molar-refractivity contribution is 5.77. The Labute approximate surface area is 158 Å². The van der Waals surface area contributed by atoms with Crippen LogP contribution in [0.3, 0.4) is 0 Å². The molecule has 1 aromatic rings. The van der Waals surface area contributed by atoms with Gasteiger partial charge in [-0.05, 0) is 24.8 Å². The first-order valence-corrected chi connectivity index (χ1v) is 9.60. The number of aliphatic carboxylic acids is 1. The third-order valence-corrected chi connectivity index (χ3v) is 4.26. The topological polar surface area (TPSA) is 69.2 Å². The Bertz CT molecular complexity index is 538. The SMILES string of the molecule is C[N+](C)(C)C[C@@H](CC(=O)[O-])NC(=O)CCCCCCCc1ccccc1. The standard InChI is InChI=1S/C21H34N2O3/c1-23(2,3)17-19(16-21(25)26)22-20(24)15-11-6-4-5-8-12-18-13-9-7-10-14-18/h7,9-10,13-14,19H,4-6,8,11-12,15-17H2,1-3H3,(H-,22,24,25,26)/t19-/m1/s1. The summed E-state index contributed by atoms with van der Waals surface area (Å²) in [7, 11) is 5.93. The lowest BCUT2D eigenvalue weighted by Crippen LogP contribution is -2.50. The van der Waals surface area contributed by atoms with Crippen molar-refractivity contribution in [2.45, 2.75) is 57.4 Å².